The first-order valence-electron chi connectivity index (χ1n) is 9.79. The van der Waals surface area contributed by atoms with Crippen LogP contribution in [-0.4, -0.2) is 26.1 Å². The first-order valence-corrected chi connectivity index (χ1v) is 11.7. The van der Waals surface area contributed by atoms with Crippen LogP contribution in [0.15, 0.2) is 73.3 Å². The lowest BCUT2D eigenvalue weighted by atomic mass is 9.94. The van der Waals surface area contributed by atoms with Gasteiger partial charge in [0.05, 0.1) is 6.10 Å². The summed E-state index contributed by atoms with van der Waals surface area (Å²) in [6, 6.07) is 21.2. The molecule has 0 amide bonds. The van der Waals surface area contributed by atoms with Crippen LogP contribution in [0, 0.1) is 11.8 Å². The molecule has 146 valence electrons. The van der Waals surface area contributed by atoms with Crippen molar-refractivity contribution in [3.63, 3.8) is 0 Å². The maximum absolute atomic E-state index is 10.6. The lowest BCUT2D eigenvalue weighted by Gasteiger charge is -2.44. The van der Waals surface area contributed by atoms with Crippen LogP contribution in [0.3, 0.4) is 0 Å². The summed E-state index contributed by atoms with van der Waals surface area (Å²) in [5.74, 6) is 0.0717. The molecule has 0 aliphatic heterocycles. The highest BCUT2D eigenvalue weighted by molar-refractivity contribution is 6.99. The summed E-state index contributed by atoms with van der Waals surface area (Å²) >= 11 is 0. The molecule has 0 aromatic heterocycles. The molecule has 0 aliphatic rings. The van der Waals surface area contributed by atoms with Gasteiger partial charge in [0, 0.05) is 18.4 Å². The van der Waals surface area contributed by atoms with Gasteiger partial charge in [-0.1, -0.05) is 101 Å². The molecule has 3 atom stereocenters. The maximum Gasteiger partial charge on any atom is 0.261 e. The molecule has 0 aliphatic carbocycles. The van der Waals surface area contributed by atoms with E-state index in [1.165, 1.54) is 10.4 Å². The average molecular weight is 383 g/mol. The van der Waals surface area contributed by atoms with Crippen molar-refractivity contribution in [2.75, 3.05) is 6.61 Å². The minimum absolute atomic E-state index is 0.0275. The van der Waals surface area contributed by atoms with Gasteiger partial charge in [-0.15, -0.1) is 6.58 Å². The van der Waals surface area contributed by atoms with E-state index < -0.39 is 14.4 Å². The van der Waals surface area contributed by atoms with Crippen LogP contribution in [0.25, 0.3) is 0 Å². The van der Waals surface area contributed by atoms with E-state index in [9.17, 15) is 5.11 Å². The minimum Gasteiger partial charge on any atom is -0.407 e. The predicted molar refractivity (Wildman–Crippen MR) is 118 cm³/mol. The maximum atomic E-state index is 10.6. The molecule has 0 fully saturated rings. The Balaban J connectivity index is 2.48. The number of rotatable bonds is 8. The Bertz CT molecular complexity index is 667. The van der Waals surface area contributed by atoms with Gasteiger partial charge in [0.1, 0.15) is 0 Å². The third-order valence-electron chi connectivity index (χ3n) is 5.47. The molecule has 0 spiro atoms. The Labute approximate surface area is 166 Å². The Hall–Kier alpha value is -1.68. The SMILES string of the molecule is C=C[C@H](C)[C@H](O)[C@@H](C)CO[Si](c1ccccc1)(c1ccccc1)C(C)(C)C. The first-order chi connectivity index (χ1) is 12.7. The van der Waals surface area contributed by atoms with Crippen LogP contribution < -0.4 is 10.4 Å². The molecule has 0 saturated carbocycles. The van der Waals surface area contributed by atoms with Crippen LogP contribution in [-0.2, 0) is 4.43 Å². The van der Waals surface area contributed by atoms with Gasteiger partial charge >= 0.3 is 0 Å². The molecule has 0 radical (unpaired) electrons. The van der Waals surface area contributed by atoms with E-state index in [1.807, 2.05) is 13.0 Å². The zero-order valence-electron chi connectivity index (χ0n) is 17.4. The van der Waals surface area contributed by atoms with E-state index >= 15 is 0 Å². The smallest absolute Gasteiger partial charge is 0.261 e. The van der Waals surface area contributed by atoms with E-state index in [2.05, 4.69) is 94.9 Å². The predicted octanol–water partition coefficient (Wildman–Crippen LogP) is 4.38. The van der Waals surface area contributed by atoms with Crippen LogP contribution in [0.1, 0.15) is 34.6 Å². The highest BCUT2D eigenvalue weighted by atomic mass is 28.4. The fourth-order valence-electron chi connectivity index (χ4n) is 3.77. The molecular formula is C24H34O2Si. The number of aliphatic hydroxyl groups excluding tert-OH is 1. The normalized spacial score (nSPS) is 15.8. The largest absolute Gasteiger partial charge is 0.407 e. The minimum atomic E-state index is -2.54. The van der Waals surface area contributed by atoms with Gasteiger partial charge in [0.25, 0.3) is 8.32 Å². The molecule has 27 heavy (non-hydrogen) atoms. The van der Waals surface area contributed by atoms with Gasteiger partial charge in [0.2, 0.25) is 0 Å². The Kier molecular flexibility index (Phi) is 7.21. The van der Waals surface area contributed by atoms with Crippen LogP contribution in [0.2, 0.25) is 5.04 Å². The van der Waals surface area contributed by atoms with Crippen molar-refractivity contribution in [2.24, 2.45) is 11.8 Å². The molecule has 2 nitrogen and oxygen atoms in total. The molecule has 2 aromatic rings. The molecule has 2 aromatic carbocycles. The van der Waals surface area contributed by atoms with Crippen molar-refractivity contribution >= 4 is 18.7 Å². The fraction of sp³-hybridized carbons (Fsp3) is 0.417. The third kappa shape index (κ3) is 4.60. The molecule has 0 bridgehead atoms. The fourth-order valence-corrected chi connectivity index (χ4v) is 8.44. The van der Waals surface area contributed by atoms with E-state index in [0.29, 0.717) is 6.61 Å². The second-order valence-corrected chi connectivity index (χ2v) is 12.8. The van der Waals surface area contributed by atoms with Crippen LogP contribution in [0.5, 0.6) is 0 Å². The second-order valence-electron chi connectivity index (χ2n) is 8.54. The van der Waals surface area contributed by atoms with E-state index in [1.54, 1.807) is 0 Å². The Morgan fingerprint density at radius 3 is 1.78 bits per heavy atom. The number of hydrogen-bond acceptors (Lipinski definition) is 2. The molecule has 3 heteroatoms. The van der Waals surface area contributed by atoms with E-state index in [0.717, 1.165) is 0 Å². The summed E-state index contributed by atoms with van der Waals surface area (Å²) in [6.45, 7) is 15.2. The third-order valence-corrected chi connectivity index (χ3v) is 10.5. The topological polar surface area (TPSA) is 29.5 Å². The summed E-state index contributed by atoms with van der Waals surface area (Å²) in [4.78, 5) is 0. The molecule has 0 heterocycles. The van der Waals surface area contributed by atoms with Crippen LogP contribution in [0.4, 0.5) is 0 Å². The lowest BCUT2D eigenvalue weighted by molar-refractivity contribution is 0.0550. The lowest BCUT2D eigenvalue weighted by Crippen LogP contribution is -2.67. The van der Waals surface area contributed by atoms with Crippen LogP contribution >= 0.6 is 0 Å². The highest BCUT2D eigenvalue weighted by Crippen LogP contribution is 2.37. The summed E-state index contributed by atoms with van der Waals surface area (Å²) in [5, 5.41) is 13.1. The van der Waals surface area contributed by atoms with Gasteiger partial charge in [-0.05, 0) is 15.4 Å². The van der Waals surface area contributed by atoms with Gasteiger partial charge < -0.3 is 9.53 Å². The molecule has 0 unspecified atom stereocenters. The number of aliphatic hydroxyl groups is 1. The van der Waals surface area contributed by atoms with Crippen molar-refractivity contribution in [1.29, 1.82) is 0 Å². The molecule has 2 rings (SSSR count). The van der Waals surface area contributed by atoms with Crippen molar-refractivity contribution in [3.05, 3.63) is 73.3 Å². The zero-order valence-corrected chi connectivity index (χ0v) is 18.4. The van der Waals surface area contributed by atoms with E-state index in [-0.39, 0.29) is 16.9 Å². The summed E-state index contributed by atoms with van der Waals surface area (Å²) in [7, 11) is -2.54. The van der Waals surface area contributed by atoms with E-state index in [4.69, 9.17) is 4.43 Å². The van der Waals surface area contributed by atoms with Crippen molar-refractivity contribution < 1.29 is 9.53 Å². The average Bonchev–Trinajstić information content (AvgIpc) is 2.67. The summed E-state index contributed by atoms with van der Waals surface area (Å²) < 4.78 is 6.89. The summed E-state index contributed by atoms with van der Waals surface area (Å²) in [5.41, 5.74) is 0. The summed E-state index contributed by atoms with van der Waals surface area (Å²) in [6.07, 6.45) is 1.35. The Morgan fingerprint density at radius 2 is 1.41 bits per heavy atom. The number of benzene rings is 2. The second kappa shape index (κ2) is 9.00. The standard InChI is InChI=1S/C24H34O2Si/c1-7-19(2)23(25)20(3)18-26-27(24(4,5)6,21-14-10-8-11-15-21)22-16-12-9-13-17-22/h7-17,19-20,23,25H,1,18H2,2-6H3/t19-,20-,23-/m0/s1. The van der Waals surface area contributed by atoms with Gasteiger partial charge in [-0.2, -0.15) is 0 Å². The Morgan fingerprint density at radius 1 is 0.963 bits per heavy atom. The molecule has 1 N–H and O–H groups in total. The van der Waals surface area contributed by atoms with Crippen molar-refractivity contribution in [1.82, 2.24) is 0 Å². The van der Waals surface area contributed by atoms with Gasteiger partial charge in [-0.25, -0.2) is 0 Å². The highest BCUT2D eigenvalue weighted by Gasteiger charge is 2.50. The van der Waals surface area contributed by atoms with Gasteiger partial charge in [0.15, 0.2) is 0 Å². The van der Waals surface area contributed by atoms with Gasteiger partial charge in [-0.3, -0.25) is 0 Å². The van der Waals surface area contributed by atoms with Crippen molar-refractivity contribution in [2.45, 2.75) is 45.8 Å². The quantitative estimate of drug-likeness (QED) is 0.542. The van der Waals surface area contributed by atoms with Crippen molar-refractivity contribution in [3.8, 4) is 0 Å². The first kappa shape index (κ1) is 21.6. The molecule has 0 saturated heterocycles. The molecular weight excluding hydrogens is 348 g/mol. The zero-order chi connectivity index (χ0) is 20.1. The monoisotopic (exact) mass is 382 g/mol. The number of hydrogen-bond donors (Lipinski definition) is 1.